The SMILES string of the molecule is CCN(CC)CCn1c2ccc(C(C)=O)cc2c2c3c(ccc21)NC(=O)CCC3. The number of anilines is 1. The average Bonchev–Trinajstić information content (AvgIpc) is 2.89. The van der Waals surface area contributed by atoms with Crippen molar-refractivity contribution in [2.45, 2.75) is 46.6 Å². The predicted octanol–water partition coefficient (Wildman–Crippen LogP) is 4.61. The number of ketones is 1. The Morgan fingerprint density at radius 3 is 2.59 bits per heavy atom. The maximum atomic E-state index is 12.1. The highest BCUT2D eigenvalue weighted by Crippen LogP contribution is 2.37. The summed E-state index contributed by atoms with van der Waals surface area (Å²) in [6.45, 7) is 9.93. The van der Waals surface area contributed by atoms with Crippen LogP contribution >= 0.6 is 0 Å². The average molecular weight is 392 g/mol. The molecule has 5 heteroatoms. The summed E-state index contributed by atoms with van der Waals surface area (Å²) in [5.41, 5.74) is 5.18. The summed E-state index contributed by atoms with van der Waals surface area (Å²) in [7, 11) is 0. The van der Waals surface area contributed by atoms with Gasteiger partial charge in [0.1, 0.15) is 0 Å². The minimum atomic E-state index is 0.0752. The van der Waals surface area contributed by atoms with E-state index in [2.05, 4.69) is 40.8 Å². The van der Waals surface area contributed by atoms with Crippen molar-refractivity contribution in [3.8, 4) is 0 Å². The number of nitrogens with one attached hydrogen (secondary N) is 1. The number of hydrogen-bond acceptors (Lipinski definition) is 3. The maximum absolute atomic E-state index is 12.1. The summed E-state index contributed by atoms with van der Waals surface area (Å²) < 4.78 is 2.37. The van der Waals surface area contributed by atoms with Crippen LogP contribution in [0, 0.1) is 0 Å². The second kappa shape index (κ2) is 7.99. The molecule has 1 aliphatic rings. The normalized spacial score (nSPS) is 14.3. The fourth-order valence-electron chi connectivity index (χ4n) is 4.52. The number of aryl methyl sites for hydroxylation is 1. The van der Waals surface area contributed by atoms with Gasteiger partial charge in [0.05, 0.1) is 0 Å². The Labute approximate surface area is 171 Å². The molecule has 1 amide bonds. The van der Waals surface area contributed by atoms with Gasteiger partial charge in [-0.1, -0.05) is 13.8 Å². The number of fused-ring (bicyclic) bond motifs is 5. The molecule has 0 unspecified atom stereocenters. The number of carbonyl (C=O) groups is 2. The van der Waals surface area contributed by atoms with Crippen LogP contribution in [-0.2, 0) is 17.8 Å². The van der Waals surface area contributed by atoms with Gasteiger partial charge in [0.25, 0.3) is 0 Å². The first kappa shape index (κ1) is 19.6. The van der Waals surface area contributed by atoms with Gasteiger partial charge in [-0.3, -0.25) is 9.59 Å². The van der Waals surface area contributed by atoms with Crippen LogP contribution in [0.3, 0.4) is 0 Å². The van der Waals surface area contributed by atoms with Gasteiger partial charge in [-0.2, -0.15) is 0 Å². The van der Waals surface area contributed by atoms with Gasteiger partial charge in [-0.25, -0.2) is 0 Å². The molecule has 152 valence electrons. The molecule has 0 aliphatic carbocycles. The highest BCUT2D eigenvalue weighted by atomic mass is 16.1. The number of carbonyl (C=O) groups excluding carboxylic acids is 2. The molecule has 1 N–H and O–H groups in total. The Bertz CT molecular complexity index is 1090. The molecule has 0 radical (unpaired) electrons. The van der Waals surface area contributed by atoms with Crippen molar-refractivity contribution < 1.29 is 9.59 Å². The van der Waals surface area contributed by atoms with Crippen LogP contribution in [0.4, 0.5) is 5.69 Å². The summed E-state index contributed by atoms with van der Waals surface area (Å²) in [6, 6.07) is 10.2. The number of rotatable bonds is 6. The van der Waals surface area contributed by atoms with E-state index in [-0.39, 0.29) is 11.7 Å². The molecule has 2 heterocycles. The number of amides is 1. The van der Waals surface area contributed by atoms with Gasteiger partial charge < -0.3 is 14.8 Å². The van der Waals surface area contributed by atoms with E-state index >= 15 is 0 Å². The molecule has 0 fully saturated rings. The molecule has 2 aromatic carbocycles. The first-order valence-electron chi connectivity index (χ1n) is 10.6. The van der Waals surface area contributed by atoms with Crippen LogP contribution in [-0.4, -0.2) is 40.8 Å². The third-order valence-corrected chi connectivity index (χ3v) is 6.18. The standard InChI is InChI=1S/C24H29N3O2/c1-4-26(5-2)13-14-27-21-11-9-17(16(3)28)15-19(21)24-18-7-6-8-23(29)25-20(18)10-12-22(24)27/h9-12,15H,4-8,13-14H2,1-3H3,(H,25,29). The zero-order valence-electron chi connectivity index (χ0n) is 17.5. The lowest BCUT2D eigenvalue weighted by Gasteiger charge is -2.19. The van der Waals surface area contributed by atoms with Crippen LogP contribution in [0.2, 0.25) is 0 Å². The zero-order chi connectivity index (χ0) is 20.5. The molecule has 1 aliphatic heterocycles. The van der Waals surface area contributed by atoms with E-state index < -0.39 is 0 Å². The molecule has 0 saturated heterocycles. The van der Waals surface area contributed by atoms with E-state index in [1.807, 2.05) is 18.2 Å². The fraction of sp³-hybridized carbons (Fsp3) is 0.417. The van der Waals surface area contributed by atoms with E-state index in [0.717, 1.165) is 61.2 Å². The van der Waals surface area contributed by atoms with Crippen LogP contribution in [0.15, 0.2) is 30.3 Å². The van der Waals surface area contributed by atoms with Gasteiger partial charge in [-0.15, -0.1) is 0 Å². The molecular formula is C24H29N3O2. The van der Waals surface area contributed by atoms with Crippen LogP contribution in [0.1, 0.15) is 49.5 Å². The molecule has 1 aromatic heterocycles. The molecule has 0 bridgehead atoms. The predicted molar refractivity (Wildman–Crippen MR) is 119 cm³/mol. The topological polar surface area (TPSA) is 54.3 Å². The molecule has 0 spiro atoms. The Morgan fingerprint density at radius 2 is 1.86 bits per heavy atom. The van der Waals surface area contributed by atoms with Crippen molar-refractivity contribution in [3.05, 3.63) is 41.5 Å². The Kier molecular flexibility index (Phi) is 5.41. The molecule has 3 aromatic rings. The van der Waals surface area contributed by atoms with Gasteiger partial charge in [0, 0.05) is 52.6 Å². The Balaban J connectivity index is 1.95. The monoisotopic (exact) mass is 391 g/mol. The first-order valence-corrected chi connectivity index (χ1v) is 10.6. The van der Waals surface area contributed by atoms with Gasteiger partial charge in [0.2, 0.25) is 5.91 Å². The highest BCUT2D eigenvalue weighted by Gasteiger charge is 2.21. The quantitative estimate of drug-likeness (QED) is 0.624. The number of aromatic nitrogens is 1. The number of benzene rings is 2. The zero-order valence-corrected chi connectivity index (χ0v) is 17.5. The molecule has 4 rings (SSSR count). The van der Waals surface area contributed by atoms with Crippen molar-refractivity contribution in [1.82, 2.24) is 9.47 Å². The lowest BCUT2D eigenvalue weighted by atomic mass is 9.99. The second-order valence-corrected chi connectivity index (χ2v) is 7.85. The summed E-state index contributed by atoms with van der Waals surface area (Å²) in [5, 5.41) is 5.37. The Morgan fingerprint density at radius 1 is 1.10 bits per heavy atom. The minimum Gasteiger partial charge on any atom is -0.339 e. The lowest BCUT2D eigenvalue weighted by molar-refractivity contribution is -0.116. The molecule has 0 atom stereocenters. The third-order valence-electron chi connectivity index (χ3n) is 6.18. The van der Waals surface area contributed by atoms with Crippen molar-refractivity contribution >= 4 is 39.2 Å². The van der Waals surface area contributed by atoms with E-state index in [1.165, 1.54) is 16.5 Å². The van der Waals surface area contributed by atoms with Gasteiger partial charge in [-0.05, 0) is 68.8 Å². The van der Waals surface area contributed by atoms with Crippen molar-refractivity contribution in [2.75, 3.05) is 25.0 Å². The molecule has 29 heavy (non-hydrogen) atoms. The highest BCUT2D eigenvalue weighted by molar-refractivity contribution is 6.14. The third kappa shape index (κ3) is 3.55. The summed E-state index contributed by atoms with van der Waals surface area (Å²) in [4.78, 5) is 26.5. The largest absolute Gasteiger partial charge is 0.339 e. The first-order chi connectivity index (χ1) is 14.0. The maximum Gasteiger partial charge on any atom is 0.224 e. The molecule has 0 saturated carbocycles. The number of hydrogen-bond donors (Lipinski definition) is 1. The summed E-state index contributed by atoms with van der Waals surface area (Å²) >= 11 is 0. The Hall–Kier alpha value is -2.66. The fourth-order valence-corrected chi connectivity index (χ4v) is 4.52. The number of Topliss-reactive ketones (excluding diaryl/α,β-unsaturated/α-hetero) is 1. The van der Waals surface area contributed by atoms with Crippen molar-refractivity contribution in [1.29, 1.82) is 0 Å². The second-order valence-electron chi connectivity index (χ2n) is 7.85. The molecule has 5 nitrogen and oxygen atoms in total. The smallest absolute Gasteiger partial charge is 0.224 e. The van der Waals surface area contributed by atoms with E-state index in [4.69, 9.17) is 0 Å². The number of likely N-dealkylation sites (N-methyl/N-ethyl adjacent to an activating group) is 1. The van der Waals surface area contributed by atoms with Crippen LogP contribution in [0.5, 0.6) is 0 Å². The van der Waals surface area contributed by atoms with Crippen molar-refractivity contribution in [2.24, 2.45) is 0 Å². The van der Waals surface area contributed by atoms with E-state index in [1.54, 1.807) is 6.92 Å². The van der Waals surface area contributed by atoms with Crippen LogP contribution < -0.4 is 5.32 Å². The molecular weight excluding hydrogens is 362 g/mol. The summed E-state index contributed by atoms with van der Waals surface area (Å²) in [5.74, 6) is 0.157. The van der Waals surface area contributed by atoms with E-state index in [0.29, 0.717) is 6.42 Å². The van der Waals surface area contributed by atoms with Gasteiger partial charge >= 0.3 is 0 Å². The minimum absolute atomic E-state index is 0.0752. The van der Waals surface area contributed by atoms with Gasteiger partial charge in [0.15, 0.2) is 5.78 Å². The van der Waals surface area contributed by atoms with Crippen molar-refractivity contribution in [3.63, 3.8) is 0 Å². The van der Waals surface area contributed by atoms with E-state index in [9.17, 15) is 9.59 Å². The lowest BCUT2D eigenvalue weighted by Crippen LogP contribution is -2.26. The van der Waals surface area contributed by atoms with Crippen LogP contribution in [0.25, 0.3) is 21.8 Å². The summed E-state index contributed by atoms with van der Waals surface area (Å²) in [6.07, 6.45) is 2.26. The number of nitrogens with zero attached hydrogens (tertiary/aromatic N) is 2.